The monoisotopic (exact) mass is 329 g/mol. The molecule has 0 spiro atoms. The lowest BCUT2D eigenvalue weighted by atomic mass is 10.0. The van der Waals surface area contributed by atoms with E-state index in [1.165, 1.54) is 23.4 Å². The molecule has 0 radical (unpaired) electrons. The molecule has 4 rings (SSSR count). The summed E-state index contributed by atoms with van der Waals surface area (Å²) < 4.78 is 1.23. The first-order valence-corrected chi connectivity index (χ1v) is 8.30. The molecule has 24 heavy (non-hydrogen) atoms. The van der Waals surface area contributed by atoms with Gasteiger partial charge in [0, 0.05) is 31.4 Å². The van der Waals surface area contributed by atoms with Gasteiger partial charge in [0.25, 0.3) is 0 Å². The van der Waals surface area contributed by atoms with Crippen LogP contribution in [0.4, 0.5) is 11.5 Å². The molecule has 1 aliphatic carbocycles. The molecule has 0 unspecified atom stereocenters. The third-order valence-electron chi connectivity index (χ3n) is 4.72. The summed E-state index contributed by atoms with van der Waals surface area (Å²) in [6, 6.07) is 6.22. The SMILES string of the molecule is O=c1c([N+](=O)[O-])c(N2CCC(NC3CC3)CC2)nc2ccccn12. The number of piperidine rings is 1. The standard InChI is InChI=1S/C16H19N5O3/c22-16-14(21(23)24)15(18-13-3-1-2-8-20(13)16)19-9-6-12(7-10-19)17-11-4-5-11/h1-3,8,11-12,17H,4-7,9-10H2. The Labute approximate surface area is 138 Å². The molecular formula is C16H19N5O3. The van der Waals surface area contributed by atoms with Crippen molar-refractivity contribution in [1.82, 2.24) is 14.7 Å². The van der Waals surface area contributed by atoms with Gasteiger partial charge in [-0.05, 0) is 37.8 Å². The molecule has 2 fully saturated rings. The highest BCUT2D eigenvalue weighted by Gasteiger charge is 2.32. The van der Waals surface area contributed by atoms with Crippen molar-refractivity contribution in [3.05, 3.63) is 44.9 Å². The van der Waals surface area contributed by atoms with Crippen LogP contribution in [-0.2, 0) is 0 Å². The zero-order valence-corrected chi connectivity index (χ0v) is 13.2. The Balaban J connectivity index is 1.66. The van der Waals surface area contributed by atoms with Crippen LogP contribution >= 0.6 is 0 Å². The number of nitro groups is 1. The van der Waals surface area contributed by atoms with Gasteiger partial charge in [-0.15, -0.1) is 0 Å². The third kappa shape index (κ3) is 2.73. The minimum Gasteiger partial charge on any atom is -0.351 e. The summed E-state index contributed by atoms with van der Waals surface area (Å²) in [6.07, 6.45) is 5.81. The number of hydrogen-bond acceptors (Lipinski definition) is 6. The van der Waals surface area contributed by atoms with Crippen LogP contribution in [0.5, 0.6) is 0 Å². The molecule has 0 aromatic carbocycles. The number of nitrogens with zero attached hydrogens (tertiary/aromatic N) is 4. The Kier molecular flexibility index (Phi) is 3.68. The lowest BCUT2D eigenvalue weighted by Crippen LogP contribution is -2.44. The smallest absolute Gasteiger partial charge is 0.351 e. The summed E-state index contributed by atoms with van der Waals surface area (Å²) in [5.74, 6) is 0.195. The van der Waals surface area contributed by atoms with E-state index in [0.717, 1.165) is 12.8 Å². The molecule has 1 aliphatic heterocycles. The Morgan fingerprint density at radius 1 is 1.17 bits per heavy atom. The van der Waals surface area contributed by atoms with Crippen molar-refractivity contribution in [3.63, 3.8) is 0 Å². The van der Waals surface area contributed by atoms with Crippen LogP contribution in [0.1, 0.15) is 25.7 Å². The Bertz CT molecular complexity index is 837. The number of aromatic nitrogens is 2. The first-order valence-electron chi connectivity index (χ1n) is 8.30. The molecule has 8 heteroatoms. The maximum atomic E-state index is 12.5. The lowest BCUT2D eigenvalue weighted by Gasteiger charge is -2.33. The Morgan fingerprint density at radius 3 is 2.54 bits per heavy atom. The van der Waals surface area contributed by atoms with Gasteiger partial charge in [-0.25, -0.2) is 4.98 Å². The molecule has 2 aromatic rings. The maximum absolute atomic E-state index is 12.5. The van der Waals surface area contributed by atoms with Crippen LogP contribution in [0.25, 0.3) is 5.65 Å². The molecule has 0 bridgehead atoms. The van der Waals surface area contributed by atoms with E-state index in [1.54, 1.807) is 18.2 Å². The molecule has 0 amide bonds. The lowest BCUT2D eigenvalue weighted by molar-refractivity contribution is -0.385. The first kappa shape index (κ1) is 15.1. The van der Waals surface area contributed by atoms with E-state index >= 15 is 0 Å². The largest absolute Gasteiger partial charge is 0.376 e. The van der Waals surface area contributed by atoms with E-state index in [-0.39, 0.29) is 5.82 Å². The summed E-state index contributed by atoms with van der Waals surface area (Å²) in [4.78, 5) is 29.6. The number of anilines is 1. The van der Waals surface area contributed by atoms with Crippen molar-refractivity contribution in [1.29, 1.82) is 0 Å². The number of fused-ring (bicyclic) bond motifs is 1. The van der Waals surface area contributed by atoms with E-state index in [9.17, 15) is 14.9 Å². The highest BCUT2D eigenvalue weighted by Crippen LogP contribution is 2.27. The highest BCUT2D eigenvalue weighted by molar-refractivity contribution is 5.61. The molecule has 1 N–H and O–H groups in total. The number of nitrogens with one attached hydrogen (secondary N) is 1. The summed E-state index contributed by atoms with van der Waals surface area (Å²) in [5, 5.41) is 15.1. The second-order valence-corrected chi connectivity index (χ2v) is 6.48. The summed E-state index contributed by atoms with van der Waals surface area (Å²) in [7, 11) is 0. The molecule has 1 saturated carbocycles. The molecule has 2 aliphatic rings. The normalized spacial score (nSPS) is 18.9. The number of rotatable bonds is 4. The van der Waals surface area contributed by atoms with E-state index in [4.69, 9.17) is 0 Å². The molecule has 1 saturated heterocycles. The Morgan fingerprint density at radius 2 is 1.88 bits per heavy atom. The predicted octanol–water partition coefficient (Wildman–Crippen LogP) is 1.32. The van der Waals surface area contributed by atoms with Crippen molar-refractivity contribution < 1.29 is 4.92 Å². The van der Waals surface area contributed by atoms with Crippen LogP contribution < -0.4 is 15.8 Å². The zero-order valence-electron chi connectivity index (χ0n) is 13.2. The molecular weight excluding hydrogens is 310 g/mol. The van der Waals surface area contributed by atoms with Gasteiger partial charge in [-0.1, -0.05) is 6.07 Å². The third-order valence-corrected chi connectivity index (χ3v) is 4.72. The number of pyridine rings is 1. The summed E-state index contributed by atoms with van der Waals surface area (Å²) in [6.45, 7) is 1.33. The minimum absolute atomic E-state index is 0.195. The van der Waals surface area contributed by atoms with Crippen molar-refractivity contribution in [3.8, 4) is 0 Å². The molecule has 2 aromatic heterocycles. The molecule has 126 valence electrons. The number of hydrogen-bond donors (Lipinski definition) is 1. The highest BCUT2D eigenvalue weighted by atomic mass is 16.6. The molecule has 3 heterocycles. The van der Waals surface area contributed by atoms with Crippen LogP contribution in [0.15, 0.2) is 29.2 Å². The van der Waals surface area contributed by atoms with E-state index in [0.29, 0.717) is 30.8 Å². The fourth-order valence-corrected chi connectivity index (χ4v) is 3.29. The van der Waals surface area contributed by atoms with Crippen molar-refractivity contribution in [2.75, 3.05) is 18.0 Å². The summed E-state index contributed by atoms with van der Waals surface area (Å²) in [5.41, 5.74) is -0.632. The topological polar surface area (TPSA) is 92.8 Å². The zero-order chi connectivity index (χ0) is 16.7. The first-order chi connectivity index (χ1) is 11.6. The van der Waals surface area contributed by atoms with E-state index in [2.05, 4.69) is 10.3 Å². The average Bonchev–Trinajstić information content (AvgIpc) is 3.39. The van der Waals surface area contributed by atoms with Gasteiger partial charge >= 0.3 is 11.2 Å². The summed E-state index contributed by atoms with van der Waals surface area (Å²) >= 11 is 0. The van der Waals surface area contributed by atoms with Crippen LogP contribution in [0.2, 0.25) is 0 Å². The van der Waals surface area contributed by atoms with E-state index < -0.39 is 16.2 Å². The minimum atomic E-state index is -0.626. The van der Waals surface area contributed by atoms with Gasteiger partial charge < -0.3 is 10.2 Å². The van der Waals surface area contributed by atoms with Gasteiger partial charge in [0.2, 0.25) is 5.82 Å². The second kappa shape index (κ2) is 5.86. The van der Waals surface area contributed by atoms with Crippen LogP contribution in [-0.4, -0.2) is 39.5 Å². The fraction of sp³-hybridized carbons (Fsp3) is 0.500. The van der Waals surface area contributed by atoms with Crippen molar-refractivity contribution >= 4 is 17.2 Å². The fourth-order valence-electron chi connectivity index (χ4n) is 3.29. The van der Waals surface area contributed by atoms with Crippen LogP contribution in [0.3, 0.4) is 0 Å². The maximum Gasteiger partial charge on any atom is 0.376 e. The quantitative estimate of drug-likeness (QED) is 0.672. The van der Waals surface area contributed by atoms with Crippen LogP contribution in [0, 0.1) is 10.1 Å². The molecule has 8 nitrogen and oxygen atoms in total. The van der Waals surface area contributed by atoms with Gasteiger partial charge in [0.1, 0.15) is 5.65 Å². The second-order valence-electron chi connectivity index (χ2n) is 6.48. The average molecular weight is 329 g/mol. The van der Waals surface area contributed by atoms with Gasteiger partial charge in [-0.3, -0.25) is 19.3 Å². The molecule has 0 atom stereocenters. The van der Waals surface area contributed by atoms with Gasteiger partial charge in [0.15, 0.2) is 0 Å². The van der Waals surface area contributed by atoms with Crippen molar-refractivity contribution in [2.24, 2.45) is 0 Å². The van der Waals surface area contributed by atoms with Gasteiger partial charge in [0.05, 0.1) is 4.92 Å². The van der Waals surface area contributed by atoms with Crippen molar-refractivity contribution in [2.45, 2.75) is 37.8 Å². The van der Waals surface area contributed by atoms with Gasteiger partial charge in [-0.2, -0.15) is 0 Å². The predicted molar refractivity (Wildman–Crippen MR) is 89.5 cm³/mol. The van der Waals surface area contributed by atoms with E-state index in [1.807, 2.05) is 4.90 Å². The Hall–Kier alpha value is -2.48.